The van der Waals surface area contributed by atoms with E-state index < -0.39 is 15.9 Å². The van der Waals surface area contributed by atoms with Crippen LogP contribution < -0.4 is 4.74 Å². The Hall–Kier alpha value is -2.59. The van der Waals surface area contributed by atoms with Gasteiger partial charge in [0.15, 0.2) is 15.7 Å². The molecule has 3 aromatic rings. The van der Waals surface area contributed by atoms with E-state index in [9.17, 15) is 18.3 Å². The number of nitrogens with zero attached hydrogens (tertiary/aromatic N) is 3. The van der Waals surface area contributed by atoms with Crippen molar-refractivity contribution in [2.24, 2.45) is 5.41 Å². The maximum Gasteiger partial charge on any atom is 0.407 e. The monoisotopic (exact) mass is 477 g/mol. The number of hydrogen-bond acceptors (Lipinski definition) is 6. The number of hydrogen-bond donors (Lipinski definition) is 1. The van der Waals surface area contributed by atoms with E-state index in [-0.39, 0.29) is 22.5 Å². The van der Waals surface area contributed by atoms with Crippen molar-refractivity contribution >= 4 is 38.2 Å². The molecule has 1 aliphatic rings. The second kappa shape index (κ2) is 8.08. The highest BCUT2D eigenvalue weighted by atomic mass is 32.2. The van der Waals surface area contributed by atoms with Gasteiger partial charge in [0, 0.05) is 48.6 Å². The molecule has 2 atom stereocenters. The molecule has 0 radical (unpaired) electrons. The zero-order valence-electron chi connectivity index (χ0n) is 18.5. The lowest BCUT2D eigenvalue weighted by molar-refractivity contribution is 0.0130. The molecule has 1 N–H and O–H groups in total. The van der Waals surface area contributed by atoms with E-state index >= 15 is 0 Å². The Morgan fingerprint density at radius 1 is 1.28 bits per heavy atom. The van der Waals surface area contributed by atoms with Crippen LogP contribution in [0.5, 0.6) is 5.19 Å². The van der Waals surface area contributed by atoms with Crippen molar-refractivity contribution < 1.29 is 23.1 Å². The molecule has 2 unspecified atom stereocenters. The fourth-order valence-electron chi connectivity index (χ4n) is 4.20. The largest absolute Gasteiger partial charge is 0.467 e. The highest BCUT2D eigenvalue weighted by Crippen LogP contribution is 2.35. The van der Waals surface area contributed by atoms with Crippen molar-refractivity contribution in [2.45, 2.75) is 50.7 Å². The molecule has 4 rings (SSSR count). The topological polar surface area (TPSA) is 102 Å². The number of carbonyl (C=O) groups is 1. The van der Waals surface area contributed by atoms with Gasteiger partial charge in [-0.05, 0) is 29.7 Å². The molecule has 1 fully saturated rings. The minimum atomic E-state index is -3.27. The molecule has 172 valence electrons. The lowest BCUT2D eigenvalue weighted by Gasteiger charge is -2.44. The second-order valence-corrected chi connectivity index (χ2v) is 12.1. The van der Waals surface area contributed by atoms with Gasteiger partial charge in [-0.1, -0.05) is 32.1 Å². The van der Waals surface area contributed by atoms with Gasteiger partial charge in [-0.15, -0.1) is 0 Å². The number of likely N-dealkylation sites (tertiary alicyclic amines) is 1. The summed E-state index contributed by atoms with van der Waals surface area (Å²) in [5, 5.41) is 12.8. The highest BCUT2D eigenvalue weighted by Gasteiger charge is 2.39. The van der Waals surface area contributed by atoms with E-state index in [1.807, 2.05) is 43.0 Å². The van der Waals surface area contributed by atoms with Gasteiger partial charge in [0.1, 0.15) is 6.10 Å². The lowest BCUT2D eigenvalue weighted by Crippen LogP contribution is -2.53. The molecule has 32 heavy (non-hydrogen) atoms. The van der Waals surface area contributed by atoms with Crippen LogP contribution in [0.15, 0.2) is 40.7 Å². The average Bonchev–Trinajstić information content (AvgIpc) is 3.32. The van der Waals surface area contributed by atoms with Crippen LogP contribution in [-0.2, 0) is 9.84 Å². The third-order valence-electron chi connectivity index (χ3n) is 5.87. The Bertz CT molecular complexity index is 1260. The van der Waals surface area contributed by atoms with Crippen molar-refractivity contribution in [3.05, 3.63) is 35.8 Å². The highest BCUT2D eigenvalue weighted by molar-refractivity contribution is 7.90. The Kier molecular flexibility index (Phi) is 5.70. The van der Waals surface area contributed by atoms with Crippen LogP contribution in [0, 0.1) is 5.41 Å². The fourth-order valence-corrected chi connectivity index (χ4v) is 5.56. The quantitative estimate of drug-likeness (QED) is 0.597. The zero-order chi connectivity index (χ0) is 23.3. The lowest BCUT2D eigenvalue weighted by atomic mass is 9.80. The van der Waals surface area contributed by atoms with Crippen LogP contribution >= 0.6 is 11.3 Å². The molecular weight excluding hydrogens is 450 g/mol. The fraction of sp³-hybridized carbons (Fsp3) is 0.455. The van der Waals surface area contributed by atoms with Gasteiger partial charge in [-0.3, -0.25) is 0 Å². The van der Waals surface area contributed by atoms with Gasteiger partial charge in [0.25, 0.3) is 5.19 Å². The molecule has 2 aromatic heterocycles. The van der Waals surface area contributed by atoms with E-state index in [0.29, 0.717) is 30.4 Å². The van der Waals surface area contributed by atoms with Gasteiger partial charge >= 0.3 is 6.09 Å². The van der Waals surface area contributed by atoms with Crippen LogP contribution in [0.2, 0.25) is 0 Å². The van der Waals surface area contributed by atoms with Crippen LogP contribution in [0.1, 0.15) is 33.6 Å². The predicted octanol–water partition coefficient (Wildman–Crippen LogP) is 4.43. The molecular formula is C22H27N3O5S2. The normalized spacial score (nSPS) is 19.9. The Labute approximate surface area is 191 Å². The summed E-state index contributed by atoms with van der Waals surface area (Å²) in [5.41, 5.74) is 0.667. The third-order valence-corrected chi connectivity index (χ3v) is 7.70. The van der Waals surface area contributed by atoms with Gasteiger partial charge in [-0.2, -0.15) is 4.98 Å². The molecule has 0 bridgehead atoms. The molecule has 3 heterocycles. The smallest absolute Gasteiger partial charge is 0.407 e. The SMILES string of the molecule is CC(C)(C)C1CC(Oc2nc(-n3ccc4cc(S(C)(=O)=O)ccc43)cs2)CCN1C(=O)O. The number of sulfone groups is 1. The zero-order valence-corrected chi connectivity index (χ0v) is 20.1. The van der Waals surface area contributed by atoms with Crippen molar-refractivity contribution in [3.8, 4) is 11.0 Å². The summed E-state index contributed by atoms with van der Waals surface area (Å²) >= 11 is 1.39. The summed E-state index contributed by atoms with van der Waals surface area (Å²) in [5.74, 6) is 0.697. The van der Waals surface area contributed by atoms with Crippen molar-refractivity contribution in [3.63, 3.8) is 0 Å². The first-order valence-corrected chi connectivity index (χ1v) is 13.1. The number of benzene rings is 1. The first-order valence-electron chi connectivity index (χ1n) is 10.4. The summed E-state index contributed by atoms with van der Waals surface area (Å²) in [6.45, 7) is 6.57. The van der Waals surface area contributed by atoms with E-state index in [1.54, 1.807) is 18.2 Å². The van der Waals surface area contributed by atoms with Crippen LogP contribution in [0.25, 0.3) is 16.7 Å². The van der Waals surface area contributed by atoms with Gasteiger partial charge in [0.05, 0.1) is 10.4 Å². The van der Waals surface area contributed by atoms with Gasteiger partial charge in [-0.25, -0.2) is 13.2 Å². The Balaban J connectivity index is 1.53. The number of ether oxygens (including phenoxy) is 1. The standard InChI is InChI=1S/C22H27N3O5S2/c1-22(2,3)18-12-15(8-10-25(18)21(26)27)30-20-23-19(13-31-20)24-9-7-14-11-16(32(4,28)29)5-6-17(14)24/h5-7,9,11,13,15,18H,8,10,12H2,1-4H3,(H,26,27). The first kappa shape index (κ1) is 22.6. The first-order chi connectivity index (χ1) is 14.9. The number of fused-ring (bicyclic) bond motifs is 1. The van der Waals surface area contributed by atoms with Crippen LogP contribution in [0.4, 0.5) is 4.79 Å². The van der Waals surface area contributed by atoms with Crippen LogP contribution in [-0.4, -0.2) is 59.0 Å². The molecule has 1 amide bonds. The molecule has 1 aliphatic heterocycles. The van der Waals surface area contributed by atoms with Crippen molar-refractivity contribution in [1.82, 2.24) is 14.5 Å². The minimum Gasteiger partial charge on any atom is -0.467 e. The van der Waals surface area contributed by atoms with E-state index in [2.05, 4.69) is 4.98 Å². The summed E-state index contributed by atoms with van der Waals surface area (Å²) < 4.78 is 31.7. The molecule has 1 aromatic carbocycles. The predicted molar refractivity (Wildman–Crippen MR) is 124 cm³/mol. The van der Waals surface area contributed by atoms with E-state index in [1.165, 1.54) is 22.5 Å². The number of carboxylic acid groups (broad SMARTS) is 1. The average molecular weight is 478 g/mol. The number of amides is 1. The van der Waals surface area contributed by atoms with Crippen molar-refractivity contribution in [2.75, 3.05) is 12.8 Å². The van der Waals surface area contributed by atoms with Gasteiger partial charge in [0.2, 0.25) is 0 Å². The summed E-state index contributed by atoms with van der Waals surface area (Å²) in [7, 11) is -3.27. The molecule has 8 nitrogen and oxygen atoms in total. The molecule has 1 saturated heterocycles. The maximum atomic E-state index is 11.8. The minimum absolute atomic E-state index is 0.104. The molecule has 0 spiro atoms. The van der Waals surface area contributed by atoms with Gasteiger partial charge < -0.3 is 19.3 Å². The Morgan fingerprint density at radius 3 is 2.69 bits per heavy atom. The summed E-state index contributed by atoms with van der Waals surface area (Å²) in [6.07, 6.45) is 3.29. The molecule has 0 aliphatic carbocycles. The summed E-state index contributed by atoms with van der Waals surface area (Å²) in [4.78, 5) is 18.1. The van der Waals surface area contributed by atoms with Crippen molar-refractivity contribution in [1.29, 1.82) is 0 Å². The summed E-state index contributed by atoms with van der Waals surface area (Å²) in [6, 6.07) is 6.77. The third kappa shape index (κ3) is 4.47. The number of aromatic nitrogens is 2. The molecule has 10 heteroatoms. The van der Waals surface area contributed by atoms with Crippen LogP contribution in [0.3, 0.4) is 0 Å². The van der Waals surface area contributed by atoms with E-state index in [4.69, 9.17) is 4.74 Å². The Morgan fingerprint density at radius 2 is 2.03 bits per heavy atom. The van der Waals surface area contributed by atoms with E-state index in [0.717, 1.165) is 10.9 Å². The maximum absolute atomic E-state index is 11.8. The second-order valence-electron chi connectivity index (χ2n) is 9.27. The number of rotatable bonds is 4. The number of piperidine rings is 1. The number of thiazole rings is 1. The molecule has 0 saturated carbocycles.